The summed E-state index contributed by atoms with van der Waals surface area (Å²) in [4.78, 5) is 15.6. The van der Waals surface area contributed by atoms with Crippen LogP contribution >= 0.6 is 0 Å². The summed E-state index contributed by atoms with van der Waals surface area (Å²) in [7, 11) is 0. The zero-order chi connectivity index (χ0) is 33.0. The lowest BCUT2D eigenvalue weighted by Crippen LogP contribution is -2.06. The number of para-hydroxylation sites is 2. The lowest BCUT2D eigenvalue weighted by Gasteiger charge is -2.14. The van der Waals surface area contributed by atoms with E-state index in [0.29, 0.717) is 17.6 Å². The molecule has 0 radical (unpaired) electrons. The van der Waals surface area contributed by atoms with Crippen LogP contribution in [0.25, 0.3) is 94.7 Å². The first-order valence-corrected chi connectivity index (χ1v) is 16.7. The molecule has 10 rings (SSSR count). The minimum Gasteiger partial charge on any atom is -0.456 e. The van der Waals surface area contributed by atoms with Gasteiger partial charge < -0.3 is 4.42 Å². The van der Waals surface area contributed by atoms with Gasteiger partial charge in [-0.2, -0.15) is 9.97 Å². The van der Waals surface area contributed by atoms with Crippen molar-refractivity contribution in [2.75, 3.05) is 0 Å². The van der Waals surface area contributed by atoms with Gasteiger partial charge in [0, 0.05) is 32.7 Å². The van der Waals surface area contributed by atoms with Crippen LogP contribution in [-0.2, 0) is 0 Å². The summed E-state index contributed by atoms with van der Waals surface area (Å²) >= 11 is 0. The first-order valence-electron chi connectivity index (χ1n) is 16.7. The van der Waals surface area contributed by atoms with Crippen LogP contribution in [0.1, 0.15) is 0 Å². The summed E-state index contributed by atoms with van der Waals surface area (Å²) in [5, 5.41) is 4.43. The number of fused-ring (bicyclic) bond motifs is 6. The second-order valence-electron chi connectivity index (χ2n) is 12.4. The second kappa shape index (κ2) is 11.4. The number of rotatable bonds is 5. The maximum atomic E-state index is 6.62. The third-order valence-corrected chi connectivity index (χ3v) is 9.48. The smallest absolute Gasteiger partial charge is 0.238 e. The van der Waals surface area contributed by atoms with Crippen LogP contribution in [0, 0.1) is 0 Å². The maximum absolute atomic E-state index is 6.62. The summed E-state index contributed by atoms with van der Waals surface area (Å²) in [5.74, 6) is 1.73. The number of furan rings is 1. The summed E-state index contributed by atoms with van der Waals surface area (Å²) in [6, 6.07) is 58.5. The standard InChI is InChI=1S/C45H28N4O/c1-4-15-29(16-5-1)32-23-14-26-40-42(32)37-27-35(30-17-6-2-7-18-30)36(28-41(37)50-40)44-46-43(31-19-8-3-9-20-31)47-45(48-44)49-38-24-12-10-21-33(38)34-22-11-13-25-39(34)49/h1-28H. The van der Waals surface area contributed by atoms with Crippen molar-refractivity contribution in [3.8, 4) is 51.0 Å². The van der Waals surface area contributed by atoms with Crippen LogP contribution < -0.4 is 0 Å². The molecule has 7 aromatic carbocycles. The van der Waals surface area contributed by atoms with Gasteiger partial charge in [0.2, 0.25) is 5.95 Å². The van der Waals surface area contributed by atoms with Gasteiger partial charge in [-0.25, -0.2) is 4.98 Å². The average molecular weight is 641 g/mol. The summed E-state index contributed by atoms with van der Waals surface area (Å²) in [6.07, 6.45) is 0. The van der Waals surface area contributed by atoms with E-state index in [9.17, 15) is 0 Å². The molecule has 3 aromatic heterocycles. The molecule has 0 aliphatic carbocycles. The molecule has 0 saturated heterocycles. The maximum Gasteiger partial charge on any atom is 0.238 e. The number of hydrogen-bond donors (Lipinski definition) is 0. The third-order valence-electron chi connectivity index (χ3n) is 9.48. The van der Waals surface area contributed by atoms with Crippen LogP contribution in [0.4, 0.5) is 0 Å². The highest BCUT2D eigenvalue weighted by Crippen LogP contribution is 2.42. The molecule has 0 amide bonds. The Kier molecular flexibility index (Phi) is 6.42. The quantitative estimate of drug-likeness (QED) is 0.188. The van der Waals surface area contributed by atoms with Crippen molar-refractivity contribution in [1.82, 2.24) is 19.5 Å². The second-order valence-corrected chi connectivity index (χ2v) is 12.4. The highest BCUT2D eigenvalue weighted by Gasteiger charge is 2.22. The molecule has 0 spiro atoms. The molecule has 0 aliphatic rings. The molecule has 0 saturated carbocycles. The Morgan fingerprint density at radius 1 is 0.380 bits per heavy atom. The van der Waals surface area contributed by atoms with Gasteiger partial charge in [-0.1, -0.05) is 140 Å². The minimum absolute atomic E-state index is 0.557. The van der Waals surface area contributed by atoms with Crippen molar-refractivity contribution in [2.45, 2.75) is 0 Å². The third kappa shape index (κ3) is 4.52. The molecule has 0 atom stereocenters. The Bertz CT molecular complexity index is 2800. The lowest BCUT2D eigenvalue weighted by molar-refractivity contribution is 0.669. The Hall–Kier alpha value is -6.85. The fourth-order valence-corrected chi connectivity index (χ4v) is 7.21. The highest BCUT2D eigenvalue weighted by atomic mass is 16.3. The van der Waals surface area contributed by atoms with Crippen LogP contribution in [-0.4, -0.2) is 19.5 Å². The number of hydrogen-bond acceptors (Lipinski definition) is 4. The van der Waals surface area contributed by atoms with Gasteiger partial charge in [-0.15, -0.1) is 0 Å². The monoisotopic (exact) mass is 640 g/mol. The number of aromatic nitrogens is 4. The molecule has 0 aliphatic heterocycles. The molecule has 5 heteroatoms. The van der Waals surface area contributed by atoms with E-state index in [4.69, 9.17) is 19.4 Å². The fraction of sp³-hybridized carbons (Fsp3) is 0. The zero-order valence-electron chi connectivity index (χ0n) is 26.9. The molecule has 10 aromatic rings. The van der Waals surface area contributed by atoms with Gasteiger partial charge in [0.25, 0.3) is 0 Å². The molecular formula is C45H28N4O. The van der Waals surface area contributed by atoms with Crippen LogP contribution in [0.5, 0.6) is 0 Å². The van der Waals surface area contributed by atoms with Crippen molar-refractivity contribution >= 4 is 43.7 Å². The Morgan fingerprint density at radius 2 is 0.940 bits per heavy atom. The largest absolute Gasteiger partial charge is 0.456 e. The average Bonchev–Trinajstić information content (AvgIpc) is 3.74. The van der Waals surface area contributed by atoms with Gasteiger partial charge in [0.1, 0.15) is 11.2 Å². The van der Waals surface area contributed by atoms with E-state index >= 15 is 0 Å². The van der Waals surface area contributed by atoms with Crippen LogP contribution in [0.3, 0.4) is 0 Å². The van der Waals surface area contributed by atoms with E-state index < -0.39 is 0 Å². The first kappa shape index (κ1) is 28.2. The number of benzene rings is 7. The predicted octanol–water partition coefficient (Wildman–Crippen LogP) is 11.5. The van der Waals surface area contributed by atoms with Gasteiger partial charge in [-0.05, 0) is 52.6 Å². The molecule has 0 unspecified atom stereocenters. The van der Waals surface area contributed by atoms with Crippen molar-refractivity contribution in [1.29, 1.82) is 0 Å². The van der Waals surface area contributed by atoms with E-state index in [1.807, 2.05) is 48.5 Å². The van der Waals surface area contributed by atoms with E-state index in [1.54, 1.807) is 0 Å². The molecule has 5 nitrogen and oxygen atoms in total. The van der Waals surface area contributed by atoms with E-state index in [1.165, 1.54) is 0 Å². The molecule has 3 heterocycles. The van der Waals surface area contributed by atoms with Crippen molar-refractivity contribution in [3.05, 3.63) is 170 Å². The van der Waals surface area contributed by atoms with E-state index in [0.717, 1.165) is 77.1 Å². The van der Waals surface area contributed by atoms with E-state index in [2.05, 4.69) is 126 Å². The van der Waals surface area contributed by atoms with Gasteiger partial charge in [0.05, 0.1) is 11.0 Å². The van der Waals surface area contributed by atoms with Crippen LogP contribution in [0.2, 0.25) is 0 Å². The Labute approximate surface area is 287 Å². The minimum atomic E-state index is 0.557. The molecule has 234 valence electrons. The summed E-state index contributed by atoms with van der Waals surface area (Å²) < 4.78 is 8.77. The fourth-order valence-electron chi connectivity index (χ4n) is 7.21. The predicted molar refractivity (Wildman–Crippen MR) is 203 cm³/mol. The van der Waals surface area contributed by atoms with Crippen molar-refractivity contribution < 1.29 is 4.42 Å². The van der Waals surface area contributed by atoms with Gasteiger partial charge >= 0.3 is 0 Å². The van der Waals surface area contributed by atoms with Gasteiger partial charge in [0.15, 0.2) is 11.6 Å². The summed E-state index contributed by atoms with van der Waals surface area (Å²) in [5.41, 5.74) is 9.83. The van der Waals surface area contributed by atoms with Crippen LogP contribution in [0.15, 0.2) is 174 Å². The zero-order valence-corrected chi connectivity index (χ0v) is 26.9. The van der Waals surface area contributed by atoms with Gasteiger partial charge in [-0.3, -0.25) is 4.57 Å². The first-order chi connectivity index (χ1) is 24.8. The SMILES string of the molecule is c1ccc(-c2nc(-c3cc4oc5cccc(-c6ccccc6)c5c4cc3-c3ccccc3)nc(-n3c4ccccc4c4ccccc43)n2)cc1. The Balaban J connectivity index is 1.29. The molecular weight excluding hydrogens is 613 g/mol. The lowest BCUT2D eigenvalue weighted by atomic mass is 9.94. The summed E-state index contributed by atoms with van der Waals surface area (Å²) in [6.45, 7) is 0. The molecule has 0 bridgehead atoms. The Morgan fingerprint density at radius 3 is 1.60 bits per heavy atom. The van der Waals surface area contributed by atoms with Crippen molar-refractivity contribution in [2.24, 2.45) is 0 Å². The molecule has 0 N–H and O–H groups in total. The molecule has 50 heavy (non-hydrogen) atoms. The topological polar surface area (TPSA) is 56.7 Å². The normalized spacial score (nSPS) is 11.6. The molecule has 0 fully saturated rings. The van der Waals surface area contributed by atoms with Crippen molar-refractivity contribution in [3.63, 3.8) is 0 Å². The number of nitrogens with zero attached hydrogens (tertiary/aromatic N) is 4. The van der Waals surface area contributed by atoms with E-state index in [-0.39, 0.29) is 0 Å². The highest BCUT2D eigenvalue weighted by molar-refractivity contribution is 6.14.